The van der Waals surface area contributed by atoms with Gasteiger partial charge in [-0.2, -0.15) is 0 Å². The Bertz CT molecular complexity index is 424. The van der Waals surface area contributed by atoms with Crippen molar-refractivity contribution < 1.29 is 19.2 Å². The fourth-order valence-corrected chi connectivity index (χ4v) is 2.22. The first-order valence-electron chi connectivity index (χ1n) is 6.31. The topological polar surface area (TPSA) is 104 Å². The van der Waals surface area contributed by atoms with Crippen molar-refractivity contribution >= 4 is 12.0 Å². The summed E-state index contributed by atoms with van der Waals surface area (Å²) in [5, 5.41) is 18.1. The number of carbonyl (C=O) groups excluding carboxylic acids is 1. The molecule has 0 bridgehead atoms. The van der Waals surface area contributed by atoms with Crippen molar-refractivity contribution in [3.05, 3.63) is 18.0 Å². The molecule has 19 heavy (non-hydrogen) atoms. The normalized spacial score (nSPS) is 22.7. The Morgan fingerprint density at radius 2 is 2.11 bits per heavy atom. The third kappa shape index (κ3) is 3.97. The smallest absolute Gasteiger partial charge is 0.315 e. The summed E-state index contributed by atoms with van der Waals surface area (Å²) in [5.74, 6) is -1.01. The van der Waals surface area contributed by atoms with Gasteiger partial charge in [-0.05, 0) is 25.7 Å². The van der Waals surface area contributed by atoms with E-state index in [0.717, 1.165) is 0 Å². The van der Waals surface area contributed by atoms with Crippen LogP contribution in [0.4, 0.5) is 4.79 Å². The summed E-state index contributed by atoms with van der Waals surface area (Å²) < 4.78 is 4.65. The Morgan fingerprint density at radius 3 is 2.68 bits per heavy atom. The van der Waals surface area contributed by atoms with Crippen LogP contribution in [0.25, 0.3) is 0 Å². The van der Waals surface area contributed by atoms with Gasteiger partial charge in [0.05, 0.1) is 12.5 Å². The molecule has 2 amide bonds. The molecule has 1 saturated carbocycles. The Labute approximate surface area is 110 Å². The molecule has 1 aliphatic carbocycles. The maximum absolute atomic E-state index is 11.6. The van der Waals surface area contributed by atoms with Crippen LogP contribution >= 0.6 is 0 Å². The Hall–Kier alpha value is -2.05. The summed E-state index contributed by atoms with van der Waals surface area (Å²) in [6, 6.07) is 1.47. The van der Waals surface area contributed by atoms with Crippen molar-refractivity contribution in [1.82, 2.24) is 15.8 Å². The van der Waals surface area contributed by atoms with Crippen LogP contribution in [-0.4, -0.2) is 28.3 Å². The fraction of sp³-hybridized carbons (Fsp3) is 0.583. The van der Waals surface area contributed by atoms with Gasteiger partial charge in [-0.25, -0.2) is 4.79 Å². The molecule has 0 saturated heterocycles. The average molecular weight is 267 g/mol. The molecule has 0 aromatic carbocycles. The Balaban J connectivity index is 1.67. The zero-order valence-electron chi connectivity index (χ0n) is 10.5. The highest BCUT2D eigenvalue weighted by molar-refractivity contribution is 5.74. The van der Waals surface area contributed by atoms with Crippen molar-refractivity contribution in [2.75, 3.05) is 0 Å². The highest BCUT2D eigenvalue weighted by atomic mass is 16.5. The first-order valence-corrected chi connectivity index (χ1v) is 6.31. The van der Waals surface area contributed by atoms with E-state index in [4.69, 9.17) is 5.11 Å². The SMILES string of the molecule is O=C(NCc1ccon1)NC1CCC(C(=O)O)CC1. The van der Waals surface area contributed by atoms with Crippen molar-refractivity contribution in [2.45, 2.75) is 38.3 Å². The number of rotatable bonds is 4. The van der Waals surface area contributed by atoms with Crippen LogP contribution in [0.3, 0.4) is 0 Å². The number of hydrogen-bond acceptors (Lipinski definition) is 4. The maximum Gasteiger partial charge on any atom is 0.315 e. The Kier molecular flexibility index (Phi) is 4.38. The molecular formula is C12H17N3O4. The van der Waals surface area contributed by atoms with Gasteiger partial charge in [-0.1, -0.05) is 5.16 Å². The second-order valence-corrected chi connectivity index (χ2v) is 4.70. The molecule has 0 unspecified atom stereocenters. The summed E-state index contributed by atoms with van der Waals surface area (Å²) in [5.41, 5.74) is 0.657. The van der Waals surface area contributed by atoms with Gasteiger partial charge in [0.25, 0.3) is 0 Å². The van der Waals surface area contributed by atoms with E-state index >= 15 is 0 Å². The van der Waals surface area contributed by atoms with E-state index in [-0.39, 0.29) is 18.0 Å². The first kappa shape index (κ1) is 13.4. The van der Waals surface area contributed by atoms with Gasteiger partial charge in [0.2, 0.25) is 0 Å². The molecule has 1 aromatic heterocycles. The highest BCUT2D eigenvalue weighted by Gasteiger charge is 2.26. The lowest BCUT2D eigenvalue weighted by Gasteiger charge is -2.26. The predicted octanol–water partition coefficient (Wildman–Crippen LogP) is 1.12. The van der Waals surface area contributed by atoms with Crippen LogP contribution < -0.4 is 10.6 Å². The van der Waals surface area contributed by atoms with Gasteiger partial charge in [0.15, 0.2) is 0 Å². The van der Waals surface area contributed by atoms with E-state index in [0.29, 0.717) is 37.9 Å². The van der Waals surface area contributed by atoms with E-state index in [1.807, 2.05) is 0 Å². The second kappa shape index (κ2) is 6.21. The van der Waals surface area contributed by atoms with Crippen molar-refractivity contribution in [3.63, 3.8) is 0 Å². The van der Waals surface area contributed by atoms with Crippen LogP contribution in [0.15, 0.2) is 16.9 Å². The summed E-state index contributed by atoms with van der Waals surface area (Å²) in [6.07, 6.45) is 4.08. The summed E-state index contributed by atoms with van der Waals surface area (Å²) >= 11 is 0. The Morgan fingerprint density at radius 1 is 1.37 bits per heavy atom. The summed E-state index contributed by atoms with van der Waals surface area (Å²) in [6.45, 7) is 0.312. The quantitative estimate of drug-likeness (QED) is 0.758. The minimum atomic E-state index is -0.742. The molecule has 2 rings (SSSR count). The van der Waals surface area contributed by atoms with Crippen LogP contribution in [0, 0.1) is 5.92 Å². The number of amides is 2. The molecule has 1 fully saturated rings. The van der Waals surface area contributed by atoms with E-state index in [9.17, 15) is 9.59 Å². The lowest BCUT2D eigenvalue weighted by atomic mass is 9.86. The first-order chi connectivity index (χ1) is 9.15. The summed E-state index contributed by atoms with van der Waals surface area (Å²) in [7, 11) is 0. The van der Waals surface area contributed by atoms with Crippen LogP contribution in [-0.2, 0) is 11.3 Å². The third-order valence-corrected chi connectivity index (χ3v) is 3.33. The molecule has 0 radical (unpaired) electrons. The monoisotopic (exact) mass is 267 g/mol. The number of aromatic nitrogens is 1. The third-order valence-electron chi connectivity index (χ3n) is 3.33. The van der Waals surface area contributed by atoms with Gasteiger partial charge < -0.3 is 20.3 Å². The molecule has 0 spiro atoms. The molecule has 7 heteroatoms. The fourth-order valence-electron chi connectivity index (χ4n) is 2.22. The number of hydrogen-bond donors (Lipinski definition) is 3. The zero-order chi connectivity index (χ0) is 13.7. The molecule has 3 N–H and O–H groups in total. The van der Waals surface area contributed by atoms with E-state index < -0.39 is 5.97 Å². The molecular weight excluding hydrogens is 250 g/mol. The molecule has 0 atom stereocenters. The van der Waals surface area contributed by atoms with E-state index in [2.05, 4.69) is 20.3 Å². The van der Waals surface area contributed by atoms with Gasteiger partial charge in [0.1, 0.15) is 12.0 Å². The standard InChI is InChI=1S/C12H17N3O4/c16-11(17)8-1-3-9(4-2-8)14-12(18)13-7-10-5-6-19-15-10/h5-6,8-9H,1-4,7H2,(H,16,17)(H2,13,14,18). The second-order valence-electron chi connectivity index (χ2n) is 4.70. The molecule has 0 aliphatic heterocycles. The van der Waals surface area contributed by atoms with Crippen molar-refractivity contribution in [1.29, 1.82) is 0 Å². The number of urea groups is 1. The predicted molar refractivity (Wildman–Crippen MR) is 65.3 cm³/mol. The van der Waals surface area contributed by atoms with Gasteiger partial charge in [0, 0.05) is 12.1 Å². The largest absolute Gasteiger partial charge is 0.481 e. The minimum Gasteiger partial charge on any atom is -0.481 e. The van der Waals surface area contributed by atoms with Crippen molar-refractivity contribution in [2.24, 2.45) is 5.92 Å². The highest BCUT2D eigenvalue weighted by Crippen LogP contribution is 2.24. The van der Waals surface area contributed by atoms with Gasteiger partial charge >= 0.3 is 12.0 Å². The van der Waals surface area contributed by atoms with Gasteiger partial charge in [-0.3, -0.25) is 4.79 Å². The lowest BCUT2D eigenvalue weighted by Crippen LogP contribution is -2.43. The number of carboxylic acid groups (broad SMARTS) is 1. The van der Waals surface area contributed by atoms with Crippen LogP contribution in [0.5, 0.6) is 0 Å². The van der Waals surface area contributed by atoms with E-state index in [1.165, 1.54) is 6.26 Å². The number of aliphatic carboxylic acids is 1. The lowest BCUT2D eigenvalue weighted by molar-refractivity contribution is -0.142. The average Bonchev–Trinajstić information content (AvgIpc) is 2.90. The van der Waals surface area contributed by atoms with Gasteiger partial charge in [-0.15, -0.1) is 0 Å². The molecule has 1 heterocycles. The molecule has 7 nitrogen and oxygen atoms in total. The number of carbonyl (C=O) groups is 2. The molecule has 1 aromatic rings. The minimum absolute atomic E-state index is 0.0490. The number of carboxylic acids is 1. The van der Waals surface area contributed by atoms with Crippen LogP contribution in [0.1, 0.15) is 31.4 Å². The number of nitrogens with zero attached hydrogens (tertiary/aromatic N) is 1. The summed E-state index contributed by atoms with van der Waals surface area (Å²) in [4.78, 5) is 22.4. The zero-order valence-corrected chi connectivity index (χ0v) is 10.5. The van der Waals surface area contributed by atoms with Crippen LogP contribution in [0.2, 0.25) is 0 Å². The number of nitrogens with one attached hydrogen (secondary N) is 2. The molecule has 1 aliphatic rings. The molecule has 104 valence electrons. The van der Waals surface area contributed by atoms with Crippen molar-refractivity contribution in [3.8, 4) is 0 Å². The van der Waals surface area contributed by atoms with E-state index in [1.54, 1.807) is 6.07 Å². The maximum atomic E-state index is 11.6.